The molecule has 0 bridgehead atoms. The molecule has 0 aliphatic rings. The molecule has 0 aliphatic heterocycles. The average Bonchev–Trinajstić information content (AvgIpc) is 2.53. The van der Waals surface area contributed by atoms with Gasteiger partial charge < -0.3 is 14.6 Å². The van der Waals surface area contributed by atoms with Gasteiger partial charge in [-0.2, -0.15) is 0 Å². The number of aliphatic carboxylic acids is 1. The highest BCUT2D eigenvalue weighted by molar-refractivity contribution is 5.67. The molecule has 0 atom stereocenters. The lowest BCUT2D eigenvalue weighted by Gasteiger charge is -2.01. The molecule has 2 heterocycles. The maximum atomic E-state index is 10.5. The number of hydrogen-bond donors (Lipinski definition) is 2. The van der Waals surface area contributed by atoms with E-state index < -0.39 is 5.97 Å². The van der Waals surface area contributed by atoms with Crippen molar-refractivity contribution in [2.45, 2.75) is 19.8 Å². The third-order valence-electron chi connectivity index (χ3n) is 2.50. The molecule has 5 nitrogen and oxygen atoms in total. The summed E-state index contributed by atoms with van der Waals surface area (Å²) in [6.07, 6.45) is 2.24. The first-order chi connectivity index (χ1) is 7.59. The fourth-order valence-electron chi connectivity index (χ4n) is 1.74. The minimum absolute atomic E-state index is 0.0598. The highest BCUT2D eigenvalue weighted by Crippen LogP contribution is 2.21. The SMILES string of the molecule is Cc1nc2c(O)cccn2c1CCC(=O)O. The van der Waals surface area contributed by atoms with E-state index in [2.05, 4.69) is 4.98 Å². The zero-order chi connectivity index (χ0) is 11.7. The Bertz CT molecular complexity index is 545. The summed E-state index contributed by atoms with van der Waals surface area (Å²) in [6.45, 7) is 1.81. The number of aryl methyl sites for hydroxylation is 2. The van der Waals surface area contributed by atoms with Crippen LogP contribution in [0.25, 0.3) is 5.65 Å². The Hall–Kier alpha value is -2.04. The quantitative estimate of drug-likeness (QED) is 0.819. The molecule has 0 spiro atoms. The topological polar surface area (TPSA) is 74.8 Å². The van der Waals surface area contributed by atoms with E-state index in [9.17, 15) is 9.90 Å². The Morgan fingerprint density at radius 2 is 2.31 bits per heavy atom. The number of carboxylic acid groups (broad SMARTS) is 1. The van der Waals surface area contributed by atoms with Gasteiger partial charge >= 0.3 is 5.97 Å². The van der Waals surface area contributed by atoms with E-state index in [0.29, 0.717) is 12.1 Å². The molecule has 0 aromatic carbocycles. The number of carbonyl (C=O) groups is 1. The van der Waals surface area contributed by atoms with Gasteiger partial charge in [-0.25, -0.2) is 4.98 Å². The van der Waals surface area contributed by atoms with Gasteiger partial charge in [0, 0.05) is 18.3 Å². The molecule has 2 aromatic heterocycles. The molecular formula is C11H12N2O3. The van der Waals surface area contributed by atoms with E-state index in [1.54, 1.807) is 22.7 Å². The second kappa shape index (κ2) is 3.84. The van der Waals surface area contributed by atoms with Crippen molar-refractivity contribution >= 4 is 11.6 Å². The van der Waals surface area contributed by atoms with Crippen LogP contribution < -0.4 is 0 Å². The van der Waals surface area contributed by atoms with Crippen LogP contribution in [0.15, 0.2) is 18.3 Å². The predicted octanol–water partition coefficient (Wildman–Crippen LogP) is 1.37. The van der Waals surface area contributed by atoms with Crippen LogP contribution in [-0.2, 0) is 11.2 Å². The Morgan fingerprint density at radius 3 is 3.00 bits per heavy atom. The van der Waals surface area contributed by atoms with Crippen LogP contribution in [0, 0.1) is 6.92 Å². The van der Waals surface area contributed by atoms with Crippen molar-refractivity contribution < 1.29 is 15.0 Å². The smallest absolute Gasteiger partial charge is 0.303 e. The van der Waals surface area contributed by atoms with Crippen molar-refractivity contribution in [1.82, 2.24) is 9.38 Å². The Balaban J connectivity index is 2.48. The van der Waals surface area contributed by atoms with E-state index in [0.717, 1.165) is 11.4 Å². The fraction of sp³-hybridized carbons (Fsp3) is 0.273. The summed E-state index contributed by atoms with van der Waals surface area (Å²) < 4.78 is 1.73. The fourth-order valence-corrected chi connectivity index (χ4v) is 1.74. The van der Waals surface area contributed by atoms with Crippen LogP contribution >= 0.6 is 0 Å². The molecule has 0 aliphatic carbocycles. The number of rotatable bonds is 3. The summed E-state index contributed by atoms with van der Waals surface area (Å²) in [7, 11) is 0. The zero-order valence-corrected chi connectivity index (χ0v) is 8.84. The normalized spacial score (nSPS) is 10.8. The average molecular weight is 220 g/mol. The molecule has 2 aromatic rings. The van der Waals surface area contributed by atoms with E-state index in [1.807, 2.05) is 6.92 Å². The lowest BCUT2D eigenvalue weighted by Crippen LogP contribution is -2.01. The van der Waals surface area contributed by atoms with Crippen LogP contribution in [0.1, 0.15) is 17.8 Å². The standard InChI is InChI=1S/C11H12N2O3/c1-7-8(4-5-10(15)16)13-6-2-3-9(14)11(13)12-7/h2-3,6,14H,4-5H2,1H3,(H,15,16). The maximum absolute atomic E-state index is 10.5. The minimum Gasteiger partial charge on any atom is -0.504 e. The molecule has 2 N–H and O–H groups in total. The van der Waals surface area contributed by atoms with Gasteiger partial charge in [0.2, 0.25) is 0 Å². The molecule has 2 rings (SSSR count). The van der Waals surface area contributed by atoms with Gasteiger partial charge in [0.25, 0.3) is 0 Å². The number of fused-ring (bicyclic) bond motifs is 1. The largest absolute Gasteiger partial charge is 0.504 e. The molecule has 0 fully saturated rings. The van der Waals surface area contributed by atoms with Crippen LogP contribution in [0.4, 0.5) is 0 Å². The molecule has 0 saturated carbocycles. The lowest BCUT2D eigenvalue weighted by atomic mass is 10.2. The lowest BCUT2D eigenvalue weighted by molar-refractivity contribution is -0.136. The highest BCUT2D eigenvalue weighted by atomic mass is 16.4. The van der Waals surface area contributed by atoms with Crippen LogP contribution in [0.2, 0.25) is 0 Å². The molecule has 0 unspecified atom stereocenters. The summed E-state index contributed by atoms with van der Waals surface area (Å²) in [5.41, 5.74) is 2.05. The summed E-state index contributed by atoms with van der Waals surface area (Å²) >= 11 is 0. The molecule has 16 heavy (non-hydrogen) atoms. The summed E-state index contributed by atoms with van der Waals surface area (Å²) in [5.74, 6) is -0.735. The Kier molecular flexibility index (Phi) is 2.52. The minimum atomic E-state index is -0.838. The number of nitrogens with zero attached hydrogens (tertiary/aromatic N) is 2. The van der Waals surface area contributed by atoms with Gasteiger partial charge in [-0.3, -0.25) is 4.79 Å². The van der Waals surface area contributed by atoms with E-state index in [-0.39, 0.29) is 12.2 Å². The van der Waals surface area contributed by atoms with E-state index in [4.69, 9.17) is 5.11 Å². The van der Waals surface area contributed by atoms with Gasteiger partial charge in [-0.05, 0) is 19.1 Å². The monoisotopic (exact) mass is 220 g/mol. The molecule has 0 amide bonds. The van der Waals surface area contributed by atoms with Crippen molar-refractivity contribution in [1.29, 1.82) is 0 Å². The van der Waals surface area contributed by atoms with Gasteiger partial charge in [-0.15, -0.1) is 0 Å². The van der Waals surface area contributed by atoms with Crippen molar-refractivity contribution in [2.24, 2.45) is 0 Å². The number of pyridine rings is 1. The second-order valence-corrected chi connectivity index (χ2v) is 3.62. The first-order valence-electron chi connectivity index (χ1n) is 4.97. The molecule has 0 saturated heterocycles. The van der Waals surface area contributed by atoms with Gasteiger partial charge in [0.15, 0.2) is 11.4 Å². The molecule has 5 heteroatoms. The van der Waals surface area contributed by atoms with Gasteiger partial charge in [-0.1, -0.05) is 0 Å². The number of hydrogen-bond acceptors (Lipinski definition) is 3. The Labute approximate surface area is 92.0 Å². The first-order valence-corrected chi connectivity index (χ1v) is 4.97. The molecular weight excluding hydrogens is 208 g/mol. The maximum Gasteiger partial charge on any atom is 0.303 e. The highest BCUT2D eigenvalue weighted by Gasteiger charge is 2.11. The number of carboxylic acids is 1. The van der Waals surface area contributed by atoms with E-state index in [1.165, 1.54) is 0 Å². The molecule has 0 radical (unpaired) electrons. The van der Waals surface area contributed by atoms with Crippen molar-refractivity contribution in [3.8, 4) is 5.75 Å². The van der Waals surface area contributed by atoms with Crippen molar-refractivity contribution in [3.63, 3.8) is 0 Å². The van der Waals surface area contributed by atoms with Gasteiger partial charge in [0.05, 0.1) is 12.1 Å². The number of aromatic hydroxyl groups is 1. The number of aromatic nitrogens is 2. The Morgan fingerprint density at radius 1 is 1.56 bits per heavy atom. The number of imidazole rings is 1. The third kappa shape index (κ3) is 1.71. The van der Waals surface area contributed by atoms with Crippen LogP contribution in [-0.4, -0.2) is 25.6 Å². The van der Waals surface area contributed by atoms with E-state index >= 15 is 0 Å². The van der Waals surface area contributed by atoms with Crippen LogP contribution in [0.5, 0.6) is 5.75 Å². The molecule has 84 valence electrons. The first kappa shape index (κ1) is 10.5. The predicted molar refractivity (Wildman–Crippen MR) is 57.6 cm³/mol. The van der Waals surface area contributed by atoms with Crippen molar-refractivity contribution in [3.05, 3.63) is 29.7 Å². The summed E-state index contributed by atoms with van der Waals surface area (Å²) in [6, 6.07) is 3.26. The summed E-state index contributed by atoms with van der Waals surface area (Å²) in [4.78, 5) is 14.7. The summed E-state index contributed by atoms with van der Waals surface area (Å²) in [5, 5.41) is 18.2. The second-order valence-electron chi connectivity index (χ2n) is 3.62. The van der Waals surface area contributed by atoms with Crippen molar-refractivity contribution in [2.75, 3.05) is 0 Å². The zero-order valence-electron chi connectivity index (χ0n) is 8.84. The van der Waals surface area contributed by atoms with Crippen LogP contribution in [0.3, 0.4) is 0 Å². The third-order valence-corrected chi connectivity index (χ3v) is 2.50. The van der Waals surface area contributed by atoms with Gasteiger partial charge in [0.1, 0.15) is 0 Å².